The number of anilines is 1. The smallest absolute Gasteiger partial charge is 0.489 e. The zero-order valence-corrected chi connectivity index (χ0v) is 21.3. The van der Waals surface area contributed by atoms with Gasteiger partial charge in [-0.15, -0.1) is 13.2 Å². The van der Waals surface area contributed by atoms with Crippen molar-refractivity contribution >= 4 is 5.69 Å². The van der Waals surface area contributed by atoms with Crippen LogP contribution < -0.4 is 19.1 Å². The Morgan fingerprint density at radius 2 is 1.79 bits per heavy atom. The van der Waals surface area contributed by atoms with E-state index in [1.165, 1.54) is 12.1 Å². The molecule has 0 bridgehead atoms. The lowest BCUT2D eigenvalue weighted by Crippen LogP contribution is -2.38. The van der Waals surface area contributed by atoms with Crippen molar-refractivity contribution in [1.82, 2.24) is 9.55 Å². The third-order valence-electron chi connectivity index (χ3n) is 7.19. The normalized spacial score (nSPS) is 20.3. The van der Waals surface area contributed by atoms with Crippen molar-refractivity contribution in [2.45, 2.75) is 50.7 Å². The van der Waals surface area contributed by atoms with Crippen LogP contribution in [0.4, 0.5) is 18.9 Å². The Kier molecular flexibility index (Phi) is 7.28. The van der Waals surface area contributed by atoms with Crippen LogP contribution >= 0.6 is 0 Å². The molecule has 0 spiro atoms. The number of fused-ring (bicyclic) bond motifs is 1. The molecule has 0 amide bonds. The molecule has 0 aliphatic carbocycles. The van der Waals surface area contributed by atoms with Gasteiger partial charge in [0.1, 0.15) is 18.1 Å². The van der Waals surface area contributed by atoms with Crippen molar-refractivity contribution in [2.24, 2.45) is 5.92 Å². The van der Waals surface area contributed by atoms with E-state index in [1.807, 2.05) is 42.0 Å². The van der Waals surface area contributed by atoms with Gasteiger partial charge in [-0.3, -0.25) is 14.7 Å². The van der Waals surface area contributed by atoms with E-state index in [4.69, 9.17) is 9.47 Å². The van der Waals surface area contributed by atoms with Gasteiger partial charge >= 0.3 is 6.36 Å². The molecule has 2 aromatic carbocycles. The van der Waals surface area contributed by atoms with E-state index in [1.54, 1.807) is 6.20 Å². The number of aromatic nitrogens is 2. The summed E-state index contributed by atoms with van der Waals surface area (Å²) < 4.78 is 54.9. The largest absolute Gasteiger partial charge is 0.573 e. The fourth-order valence-electron chi connectivity index (χ4n) is 5.18. The predicted molar refractivity (Wildman–Crippen MR) is 136 cm³/mol. The molecule has 2 aliphatic rings. The fraction of sp³-hybridized carbons (Fsp3) is 0.444. The summed E-state index contributed by atoms with van der Waals surface area (Å²) in [5.41, 5.74) is 0.939. The number of nitrogens with zero attached hydrogens (tertiary/aromatic N) is 4. The van der Waals surface area contributed by atoms with Crippen molar-refractivity contribution in [3.05, 3.63) is 76.6 Å². The number of ether oxygens (including phenoxy) is 3. The molecule has 0 radical (unpaired) electrons. The summed E-state index contributed by atoms with van der Waals surface area (Å²) in [6.45, 7) is 4.55. The zero-order chi connectivity index (χ0) is 27.6. The van der Waals surface area contributed by atoms with Gasteiger partial charge in [0.2, 0.25) is 6.04 Å². The molecule has 9 nitrogen and oxygen atoms in total. The number of hydrogen-bond donors (Lipinski definition) is 0. The molecule has 3 aromatic rings. The topological polar surface area (TPSA) is 91.9 Å². The summed E-state index contributed by atoms with van der Waals surface area (Å²) in [6, 6.07) is 12.4. The van der Waals surface area contributed by atoms with Crippen LogP contribution in [0.2, 0.25) is 0 Å². The highest BCUT2D eigenvalue weighted by Crippen LogP contribution is 2.34. The van der Waals surface area contributed by atoms with Gasteiger partial charge in [-0.05, 0) is 74.2 Å². The first kappa shape index (κ1) is 26.6. The van der Waals surface area contributed by atoms with Gasteiger partial charge in [0.25, 0.3) is 6.01 Å². The van der Waals surface area contributed by atoms with Crippen LogP contribution in [0.25, 0.3) is 0 Å². The second kappa shape index (κ2) is 10.7. The summed E-state index contributed by atoms with van der Waals surface area (Å²) in [6.07, 6.45) is 0.666. The minimum atomic E-state index is -4.81. The number of alkyl halides is 3. The lowest BCUT2D eigenvalue weighted by atomic mass is 9.87. The van der Waals surface area contributed by atoms with E-state index in [-0.39, 0.29) is 10.8 Å². The predicted octanol–water partition coefficient (Wildman–Crippen LogP) is 5.64. The average Bonchev–Trinajstić information content (AvgIpc) is 3.45. The summed E-state index contributed by atoms with van der Waals surface area (Å²) in [5, 5.41) is 11.8. The second-order valence-electron chi connectivity index (χ2n) is 10.3. The van der Waals surface area contributed by atoms with Crippen molar-refractivity contribution in [1.29, 1.82) is 0 Å². The third kappa shape index (κ3) is 6.55. The van der Waals surface area contributed by atoms with Crippen LogP contribution in [0.3, 0.4) is 0 Å². The molecule has 2 atom stereocenters. The average molecular weight is 547 g/mol. The van der Waals surface area contributed by atoms with Crippen LogP contribution in [0.5, 0.6) is 17.5 Å². The number of nitro groups is 1. The minimum absolute atomic E-state index is 0.132. The summed E-state index contributed by atoms with van der Waals surface area (Å²) >= 11 is 0. The molecular weight excluding hydrogens is 517 g/mol. The minimum Gasteiger partial charge on any atom is -0.489 e. The Balaban J connectivity index is 1.11. The Hall–Kier alpha value is -3.96. The number of halogens is 3. The maximum Gasteiger partial charge on any atom is 0.573 e. The maximum absolute atomic E-state index is 12.4. The molecule has 0 saturated carbocycles. The fourth-order valence-corrected chi connectivity index (χ4v) is 5.18. The van der Waals surface area contributed by atoms with Crippen LogP contribution in [0, 0.1) is 16.0 Å². The molecule has 1 aromatic heterocycles. The number of rotatable bonds is 9. The molecule has 5 rings (SSSR count). The monoisotopic (exact) mass is 546 g/mol. The standard InChI is InChI=1S/C27H29F3N4O5/c1-26(17-33-15-12-31-25(33)39-26)18-37-22-8-4-21(5-9-22)32-13-10-19(11-14-32)16-24(34(35)36)20-2-6-23(7-3-20)38-27(28,29)30/h2-9,12,15,19,24H,10-11,13-14,16-18H2,1H3/t24?,26-/m1/s1. The van der Waals surface area contributed by atoms with Gasteiger partial charge in [0.05, 0.1) is 6.54 Å². The lowest BCUT2D eigenvalue weighted by Gasteiger charge is -2.34. The van der Waals surface area contributed by atoms with Crippen molar-refractivity contribution in [3.63, 3.8) is 0 Å². The molecule has 1 fully saturated rings. The van der Waals surface area contributed by atoms with Gasteiger partial charge in [0.15, 0.2) is 5.60 Å². The number of benzene rings is 2. The Morgan fingerprint density at radius 3 is 2.41 bits per heavy atom. The first-order valence-electron chi connectivity index (χ1n) is 12.7. The lowest BCUT2D eigenvalue weighted by molar-refractivity contribution is -0.531. The van der Waals surface area contributed by atoms with Crippen molar-refractivity contribution < 1.29 is 32.3 Å². The van der Waals surface area contributed by atoms with E-state index in [2.05, 4.69) is 14.6 Å². The molecule has 0 N–H and O–H groups in total. The quantitative estimate of drug-likeness (QED) is 0.254. The van der Waals surface area contributed by atoms with E-state index >= 15 is 0 Å². The van der Waals surface area contributed by atoms with Crippen LogP contribution in [0.15, 0.2) is 60.9 Å². The van der Waals surface area contributed by atoms with Crippen molar-refractivity contribution in [2.75, 3.05) is 24.6 Å². The van der Waals surface area contributed by atoms with Gasteiger partial charge in [-0.1, -0.05) is 0 Å². The van der Waals surface area contributed by atoms with E-state index < -0.39 is 23.8 Å². The first-order chi connectivity index (χ1) is 18.6. The number of imidazole rings is 1. The Bertz CT molecular complexity index is 1250. The Morgan fingerprint density at radius 1 is 1.13 bits per heavy atom. The van der Waals surface area contributed by atoms with Crippen molar-refractivity contribution in [3.8, 4) is 17.5 Å². The van der Waals surface area contributed by atoms with E-state index in [0.717, 1.165) is 49.5 Å². The summed E-state index contributed by atoms with van der Waals surface area (Å²) in [4.78, 5) is 17.8. The molecule has 1 unspecified atom stereocenters. The summed E-state index contributed by atoms with van der Waals surface area (Å²) in [5.74, 6) is 0.475. The van der Waals surface area contributed by atoms with Gasteiger partial charge < -0.3 is 19.1 Å². The zero-order valence-electron chi connectivity index (χ0n) is 21.3. The molecule has 39 heavy (non-hydrogen) atoms. The molecular formula is C27H29F3N4O5. The molecule has 2 aliphatic heterocycles. The Labute approximate surface area is 223 Å². The molecule has 12 heteroatoms. The first-order valence-corrected chi connectivity index (χ1v) is 12.7. The second-order valence-corrected chi connectivity index (χ2v) is 10.3. The molecule has 208 valence electrons. The van der Waals surface area contributed by atoms with E-state index in [0.29, 0.717) is 31.1 Å². The third-order valence-corrected chi connectivity index (χ3v) is 7.19. The summed E-state index contributed by atoms with van der Waals surface area (Å²) in [7, 11) is 0. The number of piperidine rings is 1. The highest BCUT2D eigenvalue weighted by Gasteiger charge is 2.37. The SMILES string of the molecule is C[C@]1(COc2ccc(N3CCC(CC(c4ccc(OC(F)(F)F)cc4)[N+](=O)[O-])CC3)cc2)Cn2ccnc2O1. The van der Waals surface area contributed by atoms with E-state index in [9.17, 15) is 23.3 Å². The van der Waals surface area contributed by atoms with Gasteiger partial charge in [-0.2, -0.15) is 0 Å². The van der Waals surface area contributed by atoms with Crippen LogP contribution in [-0.2, 0) is 6.54 Å². The highest BCUT2D eigenvalue weighted by molar-refractivity contribution is 5.49. The van der Waals surface area contributed by atoms with Crippen LogP contribution in [-0.4, -0.2) is 46.1 Å². The molecule has 3 heterocycles. The van der Waals surface area contributed by atoms with Gasteiger partial charge in [-0.25, -0.2) is 4.98 Å². The van der Waals surface area contributed by atoms with Crippen LogP contribution in [0.1, 0.15) is 37.8 Å². The number of hydrogen-bond acceptors (Lipinski definition) is 7. The van der Waals surface area contributed by atoms with Gasteiger partial charge in [0, 0.05) is 48.1 Å². The maximum atomic E-state index is 12.4. The molecule has 1 saturated heterocycles. The highest BCUT2D eigenvalue weighted by atomic mass is 19.4.